The van der Waals surface area contributed by atoms with Crippen LogP contribution in [0.2, 0.25) is 0 Å². The number of Topliss-reactive ketones (excluding diaryl/α,β-unsaturated/α-hetero) is 7. The van der Waals surface area contributed by atoms with Gasteiger partial charge in [-0.25, -0.2) is 10.3 Å². The van der Waals surface area contributed by atoms with Crippen LogP contribution in [0.15, 0.2) is 24.3 Å². The van der Waals surface area contributed by atoms with Gasteiger partial charge in [0, 0.05) is 145 Å². The zero-order chi connectivity index (χ0) is 89.3. The number of ketones is 7. The van der Waals surface area contributed by atoms with E-state index in [1.165, 1.54) is 38.1 Å². The van der Waals surface area contributed by atoms with Crippen molar-refractivity contribution in [1.29, 1.82) is 0 Å². The van der Waals surface area contributed by atoms with Crippen LogP contribution in [0, 0.1) is 29.6 Å². The topological polar surface area (TPSA) is 741 Å². The summed E-state index contributed by atoms with van der Waals surface area (Å²) >= 11 is 0. The summed E-state index contributed by atoms with van der Waals surface area (Å²) in [6.45, 7) is 1.78. The lowest BCUT2D eigenvalue weighted by atomic mass is 9.88. The maximum atomic E-state index is 14.5. The van der Waals surface area contributed by atoms with Gasteiger partial charge in [-0.3, -0.25) is 110 Å². The molecular formula is C74H106N10O34. The van der Waals surface area contributed by atoms with Crippen molar-refractivity contribution in [3.8, 4) is 0 Å². The second kappa shape index (κ2) is 56.4. The van der Waals surface area contributed by atoms with E-state index in [1.807, 2.05) is 0 Å². The van der Waals surface area contributed by atoms with Gasteiger partial charge in [0.1, 0.15) is 12.4 Å². The van der Waals surface area contributed by atoms with Crippen LogP contribution in [0.4, 0.5) is 4.79 Å². The van der Waals surface area contributed by atoms with Gasteiger partial charge >= 0.3 is 59.8 Å². The quantitative estimate of drug-likeness (QED) is 0.0201. The number of hydrogen-bond donors (Lipinski definition) is 19. The smallest absolute Gasteiger partial charge is 0.312 e. The first-order valence-corrected chi connectivity index (χ1v) is 37.6. The van der Waals surface area contributed by atoms with Gasteiger partial charge < -0.3 is 99.4 Å². The van der Waals surface area contributed by atoms with Crippen LogP contribution in [0.1, 0.15) is 190 Å². The lowest BCUT2D eigenvalue weighted by molar-refractivity contribution is -0.141. The average molecular weight is 1680 g/mol. The molecular weight excluding hydrogens is 1570 g/mol. The molecule has 1 rings (SSSR count). The number of rotatable bonds is 69. The van der Waals surface area contributed by atoms with Crippen molar-refractivity contribution in [1.82, 2.24) is 42.7 Å². The number of nitrogens with two attached hydrogens (primary N) is 2. The SMILES string of the molecule is CC(=O)c1ccc(C[C@H](CC(=O)[C@@H](CCC(=O)O)NC(=O)[C@@H](CCC(=O)O)CC(=O)[C@@H](CCC(=O)O)NC(=O)[C@@H](CCC(=O)O)CC(=O)[C@@H](CCC(=O)O)NC(=O)[C@@H](CCC(=O)O)CC(=O)[C@@H](CCC(=O)O)NC(=O)[C@@H](CCC(=O)O)CC(=O)[C@H](N)CCC(=O)O)C(=O)NCCONCCOCC(=O)N[C@@H](CCCNC(N)=O)C(C)=O)cc1. The molecule has 0 heterocycles. The molecule has 0 bridgehead atoms. The van der Waals surface area contributed by atoms with Gasteiger partial charge in [0.2, 0.25) is 35.4 Å². The van der Waals surface area contributed by atoms with Gasteiger partial charge in [-0.2, -0.15) is 0 Å². The predicted octanol–water partition coefficient (Wildman–Crippen LogP) is -1.47. The van der Waals surface area contributed by atoms with Crippen LogP contribution >= 0.6 is 0 Å². The predicted molar refractivity (Wildman–Crippen MR) is 400 cm³/mol. The fourth-order valence-corrected chi connectivity index (χ4v) is 11.7. The summed E-state index contributed by atoms with van der Waals surface area (Å²) in [4.78, 5) is 301. The zero-order valence-electron chi connectivity index (χ0n) is 65.2. The first kappa shape index (κ1) is 104. The molecule has 0 saturated heterocycles. The number of carbonyl (C=O) groups excluding carboxylic acids is 14. The van der Waals surface area contributed by atoms with E-state index in [2.05, 4.69) is 42.7 Å². The number of nitrogens with one attached hydrogen (secondary N) is 8. The summed E-state index contributed by atoms with van der Waals surface area (Å²) in [5.74, 6) is -35.0. The lowest BCUT2D eigenvalue weighted by Gasteiger charge is -2.26. The van der Waals surface area contributed by atoms with Crippen molar-refractivity contribution in [3.05, 3.63) is 35.4 Å². The highest BCUT2D eigenvalue weighted by molar-refractivity contribution is 6.00. The van der Waals surface area contributed by atoms with E-state index in [0.717, 1.165) is 0 Å². The van der Waals surface area contributed by atoms with Crippen LogP contribution in [-0.4, -0.2) is 257 Å². The molecule has 8 amide bonds. The normalized spacial score (nSPS) is 13.8. The Morgan fingerprint density at radius 1 is 0.356 bits per heavy atom. The van der Waals surface area contributed by atoms with Crippen molar-refractivity contribution < 1.29 is 166 Å². The van der Waals surface area contributed by atoms with Crippen molar-refractivity contribution in [3.63, 3.8) is 0 Å². The van der Waals surface area contributed by atoms with Gasteiger partial charge in [-0.05, 0) is 96.5 Å². The molecule has 0 spiro atoms. The Bertz CT molecular complexity index is 3720. The number of carboxylic acids is 9. The molecule has 11 atom stereocenters. The summed E-state index contributed by atoms with van der Waals surface area (Å²) in [5, 5.41) is 103. The summed E-state index contributed by atoms with van der Waals surface area (Å²) in [6, 6.07) is -4.90. The molecule has 656 valence electrons. The largest absolute Gasteiger partial charge is 0.481 e. The van der Waals surface area contributed by atoms with Crippen molar-refractivity contribution in [2.45, 2.75) is 217 Å². The molecule has 0 aromatic heterocycles. The van der Waals surface area contributed by atoms with Gasteiger partial charge in [-0.15, -0.1) is 0 Å². The van der Waals surface area contributed by atoms with E-state index in [9.17, 15) is 151 Å². The van der Waals surface area contributed by atoms with Crippen LogP contribution < -0.4 is 54.2 Å². The standard InChI is InChI=1S/C74H106N10O34/c1-39(85)42-7-5-41(6-8-42)32-47(69(111)77-28-31-118-79-29-30-117-38-59(92)80-49(40(2)86)4-3-27-78-74(76)116)37-58(91)53(17-26-68(109)110)84-73(115)46(12-21-63(99)100)36-57(90)52(16-25-67(107)108)83-72(114)45(11-20-62(97)98)35-56(89)51(15-24-66(105)106)82-71(113)44(10-19-61(95)96)34-55(88)50(14-23-65(103)104)81-70(112)43(9-18-60(93)94)33-54(87)48(75)13-22-64(101)102/h5-8,43-53,79H,3-4,9-38,75H2,1-2H3,(H,77,111)(H,80,92)(H,81,112)(H,82,113)(H,83,114)(H,84,115)(H,93,94)(H,95,96)(H,97,98)(H,99,100)(H,101,102)(H,103,104)(H,105,106)(H,107,108)(H,109,110)(H3,76,78,116)/t43-,44-,45-,46-,47+,48+,49-,50+,51+,52+,53+/m0/s1. The minimum atomic E-state index is -2.01. The fraction of sp³-hybridized carbons (Fsp3) is 0.608. The lowest BCUT2D eigenvalue weighted by Crippen LogP contribution is -2.49. The number of carbonyl (C=O) groups is 23. The van der Waals surface area contributed by atoms with Gasteiger partial charge in [0.25, 0.3) is 0 Å². The molecule has 0 saturated carbocycles. The van der Waals surface area contributed by atoms with E-state index in [-0.39, 0.29) is 62.8 Å². The Morgan fingerprint density at radius 2 is 0.686 bits per heavy atom. The minimum absolute atomic E-state index is 0.00508. The van der Waals surface area contributed by atoms with Crippen molar-refractivity contribution >= 4 is 136 Å². The van der Waals surface area contributed by atoms with E-state index >= 15 is 0 Å². The number of urea groups is 1. The molecule has 118 heavy (non-hydrogen) atoms. The highest BCUT2D eigenvalue weighted by Gasteiger charge is 2.38. The zero-order valence-corrected chi connectivity index (χ0v) is 65.2. The van der Waals surface area contributed by atoms with Crippen molar-refractivity contribution in [2.75, 3.05) is 39.5 Å². The number of aliphatic carboxylic acids is 9. The Kier molecular flexibility index (Phi) is 49.7. The maximum absolute atomic E-state index is 14.5. The minimum Gasteiger partial charge on any atom is -0.481 e. The fourth-order valence-electron chi connectivity index (χ4n) is 11.7. The first-order chi connectivity index (χ1) is 55.4. The number of primary amides is 1. The van der Waals surface area contributed by atoms with Gasteiger partial charge in [0.05, 0.1) is 49.5 Å². The van der Waals surface area contributed by atoms with Crippen LogP contribution in [-0.2, 0) is 117 Å². The summed E-state index contributed by atoms with van der Waals surface area (Å²) in [6.07, 6.45) is -18.5. The number of hydroxylamine groups is 1. The van der Waals surface area contributed by atoms with E-state index in [1.54, 1.807) is 0 Å². The third-order valence-corrected chi connectivity index (χ3v) is 18.2. The molecule has 0 fully saturated rings. The second-order valence-corrected chi connectivity index (χ2v) is 27.8. The molecule has 44 nitrogen and oxygen atoms in total. The van der Waals surface area contributed by atoms with E-state index in [4.69, 9.17) is 26.1 Å². The average Bonchev–Trinajstić information content (AvgIpc) is 0.836. The molecule has 1 aromatic carbocycles. The number of benzene rings is 1. The molecule has 44 heteroatoms. The molecule has 21 N–H and O–H groups in total. The van der Waals surface area contributed by atoms with Crippen LogP contribution in [0.5, 0.6) is 0 Å². The van der Waals surface area contributed by atoms with Crippen LogP contribution in [0.3, 0.4) is 0 Å². The maximum Gasteiger partial charge on any atom is 0.312 e. The molecule has 0 aliphatic heterocycles. The Morgan fingerprint density at radius 3 is 1.02 bits per heavy atom. The monoisotopic (exact) mass is 1680 g/mol. The first-order valence-electron chi connectivity index (χ1n) is 37.6. The van der Waals surface area contributed by atoms with E-state index in [0.29, 0.717) is 12.0 Å². The summed E-state index contributed by atoms with van der Waals surface area (Å²) in [5.41, 5.74) is 14.1. The molecule has 0 radical (unpaired) electrons. The highest BCUT2D eigenvalue weighted by Crippen LogP contribution is 2.25. The Balaban J connectivity index is 3.69. The number of ether oxygens (including phenoxy) is 1. The third kappa shape index (κ3) is 46.6. The van der Waals surface area contributed by atoms with Crippen LogP contribution in [0.25, 0.3) is 0 Å². The Hall–Kier alpha value is -11.9. The van der Waals surface area contributed by atoms with Crippen molar-refractivity contribution in [2.24, 2.45) is 41.1 Å². The summed E-state index contributed by atoms with van der Waals surface area (Å²) in [7, 11) is 0. The van der Waals surface area contributed by atoms with Gasteiger partial charge in [0.15, 0.2) is 34.7 Å². The number of amides is 8. The molecule has 0 aliphatic rings. The Labute approximate surface area is 674 Å². The van der Waals surface area contributed by atoms with E-state index < -0.39 is 344 Å². The molecule has 1 aromatic rings. The highest BCUT2D eigenvalue weighted by atomic mass is 16.6. The molecule has 0 aliphatic carbocycles. The summed E-state index contributed by atoms with van der Waals surface area (Å²) < 4.78 is 5.32. The molecule has 0 unspecified atom stereocenters. The third-order valence-electron chi connectivity index (χ3n) is 18.2. The number of carboxylic acid groups (broad SMARTS) is 9. The second-order valence-electron chi connectivity index (χ2n) is 27.8. The van der Waals surface area contributed by atoms with Gasteiger partial charge in [-0.1, -0.05) is 24.3 Å². The number of hydrogen-bond acceptors (Lipinski definition) is 27.